The van der Waals surface area contributed by atoms with E-state index in [1.54, 1.807) is 30.8 Å². The highest BCUT2D eigenvalue weighted by molar-refractivity contribution is 9.10. The fourth-order valence-corrected chi connectivity index (χ4v) is 3.27. The lowest BCUT2D eigenvalue weighted by Gasteiger charge is -2.09. The minimum absolute atomic E-state index is 0.231. The highest BCUT2D eigenvalue weighted by atomic mass is 79.9. The molecule has 0 fully saturated rings. The van der Waals surface area contributed by atoms with Crippen LogP contribution in [-0.4, -0.2) is 5.11 Å². The second-order valence-electron chi connectivity index (χ2n) is 3.92. The molecule has 0 unspecified atom stereocenters. The average Bonchev–Trinajstić information content (AvgIpc) is 2.32. The average molecular weight is 327 g/mol. The van der Waals surface area contributed by atoms with E-state index in [1.165, 1.54) is 12.1 Å². The number of halogens is 2. The highest BCUT2D eigenvalue weighted by Gasteiger charge is 2.07. The number of hydrogen-bond donors (Lipinski definition) is 1. The normalized spacial score (nSPS) is 12.4. The lowest BCUT2D eigenvalue weighted by atomic mass is 10.1. The van der Waals surface area contributed by atoms with Gasteiger partial charge in [-0.25, -0.2) is 4.39 Å². The Kier molecular flexibility index (Phi) is 4.43. The fourth-order valence-electron chi connectivity index (χ4n) is 1.55. The smallest absolute Gasteiger partial charge is 0.123 e. The quantitative estimate of drug-likeness (QED) is 0.874. The van der Waals surface area contributed by atoms with Gasteiger partial charge in [0.25, 0.3) is 0 Å². The van der Waals surface area contributed by atoms with Crippen LogP contribution in [0.5, 0.6) is 0 Å². The van der Waals surface area contributed by atoms with Crippen molar-refractivity contribution in [2.75, 3.05) is 0 Å². The summed E-state index contributed by atoms with van der Waals surface area (Å²) < 4.78 is 13.7. The standard InChI is InChI=1S/C14H12BrFOS/c1-9(17)13-7-6-12(8-14(13)15)18-11-4-2-10(16)3-5-11/h2-9,17H,1H3/t9-/m0/s1. The topological polar surface area (TPSA) is 20.2 Å². The zero-order chi connectivity index (χ0) is 13.1. The Morgan fingerprint density at radius 1 is 1.11 bits per heavy atom. The third kappa shape index (κ3) is 3.34. The van der Waals surface area contributed by atoms with Gasteiger partial charge in [-0.05, 0) is 48.9 Å². The first-order chi connectivity index (χ1) is 8.56. The first-order valence-corrected chi connectivity index (χ1v) is 7.08. The molecule has 2 aromatic carbocycles. The van der Waals surface area contributed by atoms with E-state index in [-0.39, 0.29) is 5.82 Å². The number of aliphatic hydroxyl groups is 1. The number of hydrogen-bond acceptors (Lipinski definition) is 2. The molecule has 1 N–H and O–H groups in total. The van der Waals surface area contributed by atoms with Crippen molar-refractivity contribution >= 4 is 27.7 Å². The zero-order valence-electron chi connectivity index (χ0n) is 9.73. The van der Waals surface area contributed by atoms with Crippen molar-refractivity contribution in [1.29, 1.82) is 0 Å². The molecule has 18 heavy (non-hydrogen) atoms. The second-order valence-corrected chi connectivity index (χ2v) is 5.92. The first kappa shape index (κ1) is 13.6. The van der Waals surface area contributed by atoms with Crippen LogP contribution in [0.3, 0.4) is 0 Å². The van der Waals surface area contributed by atoms with E-state index in [9.17, 15) is 9.50 Å². The predicted molar refractivity (Wildman–Crippen MR) is 75.3 cm³/mol. The number of aliphatic hydroxyl groups excluding tert-OH is 1. The van der Waals surface area contributed by atoms with Crippen LogP contribution in [0, 0.1) is 5.82 Å². The van der Waals surface area contributed by atoms with Crippen LogP contribution >= 0.6 is 27.7 Å². The van der Waals surface area contributed by atoms with Crippen LogP contribution in [0.2, 0.25) is 0 Å². The maximum absolute atomic E-state index is 12.8. The van der Waals surface area contributed by atoms with Crippen molar-refractivity contribution < 1.29 is 9.50 Å². The van der Waals surface area contributed by atoms with Gasteiger partial charge in [0.05, 0.1) is 6.10 Å². The SMILES string of the molecule is C[C@H](O)c1ccc(Sc2ccc(F)cc2)cc1Br. The summed E-state index contributed by atoms with van der Waals surface area (Å²) in [6.07, 6.45) is -0.496. The van der Waals surface area contributed by atoms with Crippen molar-refractivity contribution in [3.8, 4) is 0 Å². The molecule has 0 saturated heterocycles. The lowest BCUT2D eigenvalue weighted by molar-refractivity contribution is 0.198. The molecule has 0 saturated carbocycles. The van der Waals surface area contributed by atoms with Crippen LogP contribution < -0.4 is 0 Å². The largest absolute Gasteiger partial charge is 0.389 e. The molecule has 1 nitrogen and oxygen atoms in total. The molecular formula is C14H12BrFOS. The van der Waals surface area contributed by atoms with Crippen molar-refractivity contribution in [3.63, 3.8) is 0 Å². The number of rotatable bonds is 3. The summed E-state index contributed by atoms with van der Waals surface area (Å²) in [6, 6.07) is 12.2. The Morgan fingerprint density at radius 3 is 2.28 bits per heavy atom. The molecule has 4 heteroatoms. The minimum atomic E-state index is -0.496. The van der Waals surface area contributed by atoms with E-state index in [0.29, 0.717) is 0 Å². The molecule has 0 radical (unpaired) electrons. The summed E-state index contributed by atoms with van der Waals surface area (Å²) >= 11 is 4.99. The van der Waals surface area contributed by atoms with E-state index >= 15 is 0 Å². The van der Waals surface area contributed by atoms with Crippen LogP contribution in [0.15, 0.2) is 56.7 Å². The lowest BCUT2D eigenvalue weighted by Crippen LogP contribution is -1.92. The summed E-state index contributed by atoms with van der Waals surface area (Å²) in [4.78, 5) is 2.02. The van der Waals surface area contributed by atoms with Gasteiger partial charge in [0.1, 0.15) is 5.82 Å². The Labute approximate surface area is 118 Å². The van der Waals surface area contributed by atoms with Crippen LogP contribution in [0.1, 0.15) is 18.6 Å². The van der Waals surface area contributed by atoms with E-state index < -0.39 is 6.10 Å². The van der Waals surface area contributed by atoms with E-state index in [1.807, 2.05) is 18.2 Å². The molecule has 0 bridgehead atoms. The number of benzene rings is 2. The maximum Gasteiger partial charge on any atom is 0.123 e. The predicted octanol–water partition coefficient (Wildman–Crippen LogP) is 4.79. The molecule has 94 valence electrons. The summed E-state index contributed by atoms with van der Waals surface area (Å²) in [5, 5.41) is 9.54. The minimum Gasteiger partial charge on any atom is -0.389 e. The van der Waals surface area contributed by atoms with Gasteiger partial charge in [0.15, 0.2) is 0 Å². The third-order valence-electron chi connectivity index (χ3n) is 2.47. The molecule has 2 rings (SSSR count). The molecular weight excluding hydrogens is 315 g/mol. The Morgan fingerprint density at radius 2 is 1.72 bits per heavy atom. The molecule has 1 atom stereocenters. The Bertz CT molecular complexity index is 540. The molecule has 0 aliphatic carbocycles. The summed E-state index contributed by atoms with van der Waals surface area (Å²) in [6.45, 7) is 1.73. The van der Waals surface area contributed by atoms with Gasteiger partial charge in [-0.1, -0.05) is 33.8 Å². The molecule has 0 heterocycles. The van der Waals surface area contributed by atoms with Gasteiger partial charge in [-0.3, -0.25) is 0 Å². The Hall–Kier alpha value is -0.840. The van der Waals surface area contributed by atoms with Crippen molar-refractivity contribution in [1.82, 2.24) is 0 Å². The summed E-state index contributed by atoms with van der Waals surface area (Å²) in [5.41, 5.74) is 0.860. The fraction of sp³-hybridized carbons (Fsp3) is 0.143. The van der Waals surface area contributed by atoms with Crippen molar-refractivity contribution in [2.24, 2.45) is 0 Å². The van der Waals surface area contributed by atoms with E-state index in [0.717, 1.165) is 19.8 Å². The summed E-state index contributed by atoms with van der Waals surface area (Å²) in [7, 11) is 0. The molecule has 0 aromatic heterocycles. The van der Waals surface area contributed by atoms with Gasteiger partial charge >= 0.3 is 0 Å². The van der Waals surface area contributed by atoms with Crippen LogP contribution in [0.25, 0.3) is 0 Å². The van der Waals surface area contributed by atoms with Crippen LogP contribution in [-0.2, 0) is 0 Å². The van der Waals surface area contributed by atoms with E-state index in [2.05, 4.69) is 15.9 Å². The van der Waals surface area contributed by atoms with Crippen molar-refractivity contribution in [3.05, 3.63) is 58.3 Å². The molecule has 2 aromatic rings. The summed E-state index contributed by atoms with van der Waals surface area (Å²) in [5.74, 6) is -0.231. The third-order valence-corrected chi connectivity index (χ3v) is 4.16. The Balaban J connectivity index is 2.20. The second kappa shape index (κ2) is 5.87. The van der Waals surface area contributed by atoms with Gasteiger partial charge < -0.3 is 5.11 Å². The monoisotopic (exact) mass is 326 g/mol. The first-order valence-electron chi connectivity index (χ1n) is 5.47. The van der Waals surface area contributed by atoms with Gasteiger partial charge in [-0.2, -0.15) is 0 Å². The van der Waals surface area contributed by atoms with Gasteiger partial charge in [0, 0.05) is 14.3 Å². The van der Waals surface area contributed by atoms with Crippen molar-refractivity contribution in [2.45, 2.75) is 22.8 Å². The van der Waals surface area contributed by atoms with Gasteiger partial charge in [-0.15, -0.1) is 0 Å². The molecule has 0 amide bonds. The van der Waals surface area contributed by atoms with E-state index in [4.69, 9.17) is 0 Å². The maximum atomic E-state index is 12.8. The molecule has 0 spiro atoms. The van der Waals surface area contributed by atoms with Crippen LogP contribution in [0.4, 0.5) is 4.39 Å². The molecule has 0 aliphatic heterocycles. The zero-order valence-corrected chi connectivity index (χ0v) is 12.1. The highest BCUT2D eigenvalue weighted by Crippen LogP contribution is 2.32. The van der Waals surface area contributed by atoms with Gasteiger partial charge in [0.2, 0.25) is 0 Å². The molecule has 0 aliphatic rings.